The second kappa shape index (κ2) is 9.58. The predicted molar refractivity (Wildman–Crippen MR) is 121 cm³/mol. The molecule has 6 nitrogen and oxygen atoms in total. The van der Waals surface area contributed by atoms with Crippen molar-refractivity contribution in [3.8, 4) is 5.75 Å². The summed E-state index contributed by atoms with van der Waals surface area (Å²) >= 11 is 5.88. The van der Waals surface area contributed by atoms with Crippen LogP contribution >= 0.6 is 11.6 Å². The van der Waals surface area contributed by atoms with Crippen molar-refractivity contribution in [2.75, 3.05) is 38.2 Å². The van der Waals surface area contributed by atoms with Gasteiger partial charge < -0.3 is 19.0 Å². The van der Waals surface area contributed by atoms with Crippen LogP contribution < -0.4 is 9.64 Å². The first-order chi connectivity index (χ1) is 15.0. The number of ether oxygens (including phenoxy) is 1. The zero-order chi connectivity index (χ0) is 21.8. The summed E-state index contributed by atoms with van der Waals surface area (Å²) in [5, 5.41) is 0.596. The second-order valence-corrected chi connectivity index (χ2v) is 9.07. The topological polar surface area (TPSA) is 63.0 Å². The Bertz CT molecular complexity index is 1060. The Labute approximate surface area is 188 Å². The molecule has 0 radical (unpaired) electrons. The van der Waals surface area contributed by atoms with E-state index in [4.69, 9.17) is 20.8 Å². The maximum atomic E-state index is 12.8. The molecule has 8 heteroatoms. The largest absolute Gasteiger partial charge is 0.497 e. The number of benzene rings is 2. The fourth-order valence-electron chi connectivity index (χ4n) is 3.49. The standard InChI is InChI=1S/C23H23ClN2O4S/c1-29-19-6-4-18(5-7-19)25-12-14-26(15-13-25)23(27)22-11-8-20(30-22)16-31(28)21-9-2-17(24)3-10-21/h2-11H,12-16H2,1H3/t31-/m0/s1. The van der Waals surface area contributed by atoms with Crippen molar-refractivity contribution in [2.24, 2.45) is 0 Å². The fraction of sp³-hybridized carbons (Fsp3) is 0.261. The molecule has 2 aromatic carbocycles. The van der Waals surface area contributed by atoms with Gasteiger partial charge in [0.05, 0.1) is 23.7 Å². The molecule has 0 bridgehead atoms. The Morgan fingerprint density at radius 2 is 1.68 bits per heavy atom. The third-order valence-electron chi connectivity index (χ3n) is 5.23. The maximum absolute atomic E-state index is 12.8. The minimum Gasteiger partial charge on any atom is -0.497 e. The molecule has 1 atom stereocenters. The van der Waals surface area contributed by atoms with Crippen molar-refractivity contribution in [3.63, 3.8) is 0 Å². The normalized spacial score (nSPS) is 15.0. The van der Waals surface area contributed by atoms with Gasteiger partial charge in [-0.2, -0.15) is 0 Å². The van der Waals surface area contributed by atoms with Crippen LogP contribution in [0.15, 0.2) is 70.0 Å². The number of hydrogen-bond acceptors (Lipinski definition) is 5. The van der Waals surface area contributed by atoms with E-state index in [2.05, 4.69) is 4.90 Å². The molecular weight excluding hydrogens is 436 g/mol. The third-order valence-corrected chi connectivity index (χ3v) is 6.82. The number of amides is 1. The van der Waals surface area contributed by atoms with Gasteiger partial charge in [-0.15, -0.1) is 0 Å². The van der Waals surface area contributed by atoms with Gasteiger partial charge in [-0.05, 0) is 60.7 Å². The van der Waals surface area contributed by atoms with Gasteiger partial charge in [0.2, 0.25) is 0 Å². The molecule has 1 fully saturated rings. The van der Waals surface area contributed by atoms with Gasteiger partial charge in [-0.1, -0.05) is 11.6 Å². The first-order valence-electron chi connectivity index (χ1n) is 9.94. The van der Waals surface area contributed by atoms with Crippen LogP contribution in [0.3, 0.4) is 0 Å². The highest BCUT2D eigenvalue weighted by Gasteiger charge is 2.24. The van der Waals surface area contributed by atoms with Gasteiger partial charge in [0, 0.05) is 41.8 Å². The van der Waals surface area contributed by atoms with Crippen LogP contribution in [0.4, 0.5) is 5.69 Å². The molecule has 1 saturated heterocycles. The molecule has 3 aromatic rings. The first kappa shape index (κ1) is 21.5. The summed E-state index contributed by atoms with van der Waals surface area (Å²) < 4.78 is 23.4. The Kier molecular flexibility index (Phi) is 6.63. The minimum atomic E-state index is -1.27. The predicted octanol–water partition coefficient (Wildman–Crippen LogP) is 4.21. The van der Waals surface area contributed by atoms with E-state index < -0.39 is 10.8 Å². The van der Waals surface area contributed by atoms with Crippen molar-refractivity contribution in [1.82, 2.24) is 4.90 Å². The lowest BCUT2D eigenvalue weighted by Crippen LogP contribution is -2.48. The number of hydrogen-bond donors (Lipinski definition) is 0. The lowest BCUT2D eigenvalue weighted by atomic mass is 10.2. The van der Waals surface area contributed by atoms with Crippen LogP contribution in [-0.2, 0) is 16.6 Å². The van der Waals surface area contributed by atoms with Gasteiger partial charge in [0.25, 0.3) is 5.91 Å². The smallest absolute Gasteiger partial charge is 0.289 e. The van der Waals surface area contributed by atoms with E-state index in [1.807, 2.05) is 24.3 Å². The molecule has 0 saturated carbocycles. The highest BCUT2D eigenvalue weighted by Crippen LogP contribution is 2.22. The molecular formula is C23H23ClN2O4S. The molecule has 1 aliphatic heterocycles. The molecule has 0 aliphatic carbocycles. The number of piperazine rings is 1. The average molecular weight is 459 g/mol. The number of methoxy groups -OCH3 is 1. The van der Waals surface area contributed by atoms with E-state index in [1.165, 1.54) is 0 Å². The monoisotopic (exact) mass is 458 g/mol. The van der Waals surface area contributed by atoms with Crippen molar-refractivity contribution in [1.29, 1.82) is 0 Å². The van der Waals surface area contributed by atoms with Crippen molar-refractivity contribution in [3.05, 3.63) is 77.2 Å². The van der Waals surface area contributed by atoms with Crippen LogP contribution in [-0.4, -0.2) is 48.3 Å². The Balaban J connectivity index is 1.33. The molecule has 0 N–H and O–H groups in total. The minimum absolute atomic E-state index is 0.141. The van der Waals surface area contributed by atoms with Crippen LogP contribution in [0.25, 0.3) is 0 Å². The summed E-state index contributed by atoms with van der Waals surface area (Å²) in [5.74, 6) is 1.69. The summed E-state index contributed by atoms with van der Waals surface area (Å²) in [5.41, 5.74) is 1.11. The van der Waals surface area contributed by atoms with E-state index in [0.29, 0.717) is 28.8 Å². The van der Waals surface area contributed by atoms with Gasteiger partial charge in [0.15, 0.2) is 5.76 Å². The quantitative estimate of drug-likeness (QED) is 0.553. The Morgan fingerprint density at radius 1 is 1.00 bits per heavy atom. The van der Waals surface area contributed by atoms with Crippen LogP contribution in [0.5, 0.6) is 5.75 Å². The summed E-state index contributed by atoms with van der Waals surface area (Å²) in [4.78, 5) is 17.5. The van der Waals surface area contributed by atoms with Crippen molar-refractivity contribution < 1.29 is 18.2 Å². The molecule has 0 unspecified atom stereocenters. The molecule has 0 spiro atoms. The third kappa shape index (κ3) is 5.11. The highest BCUT2D eigenvalue weighted by molar-refractivity contribution is 7.84. The first-order valence-corrected chi connectivity index (χ1v) is 11.6. The van der Waals surface area contributed by atoms with Gasteiger partial charge in [-0.3, -0.25) is 9.00 Å². The molecule has 162 valence electrons. The number of carbonyl (C=O) groups excluding carboxylic acids is 1. The molecule has 1 aromatic heterocycles. The van der Waals surface area contributed by atoms with Gasteiger partial charge in [0.1, 0.15) is 11.5 Å². The SMILES string of the molecule is COc1ccc(N2CCN(C(=O)c3ccc(C[S@](=O)c4ccc(Cl)cc4)o3)CC2)cc1. The maximum Gasteiger partial charge on any atom is 0.289 e. The Morgan fingerprint density at radius 3 is 2.32 bits per heavy atom. The zero-order valence-corrected chi connectivity index (χ0v) is 18.7. The lowest BCUT2D eigenvalue weighted by Gasteiger charge is -2.35. The van der Waals surface area contributed by atoms with Crippen LogP contribution in [0, 0.1) is 0 Å². The number of anilines is 1. The number of furan rings is 1. The molecule has 2 heterocycles. The van der Waals surface area contributed by atoms with Crippen molar-refractivity contribution in [2.45, 2.75) is 10.6 Å². The second-order valence-electron chi connectivity index (χ2n) is 7.19. The van der Waals surface area contributed by atoms with Crippen molar-refractivity contribution >= 4 is 34.0 Å². The summed E-state index contributed by atoms with van der Waals surface area (Å²) in [7, 11) is 0.379. The van der Waals surface area contributed by atoms with Gasteiger partial charge >= 0.3 is 0 Å². The average Bonchev–Trinajstić information content (AvgIpc) is 3.27. The highest BCUT2D eigenvalue weighted by atomic mass is 35.5. The number of carbonyl (C=O) groups is 1. The lowest BCUT2D eigenvalue weighted by molar-refractivity contribution is 0.0713. The molecule has 31 heavy (non-hydrogen) atoms. The number of nitrogens with zero attached hydrogens (tertiary/aromatic N) is 2. The Hall–Kier alpha value is -2.77. The number of rotatable bonds is 6. The molecule has 1 aliphatic rings. The zero-order valence-electron chi connectivity index (χ0n) is 17.1. The van der Waals surface area contributed by atoms with E-state index in [1.54, 1.807) is 48.4 Å². The number of halogens is 1. The van der Waals surface area contributed by atoms with E-state index in [-0.39, 0.29) is 17.4 Å². The van der Waals surface area contributed by atoms with E-state index in [0.717, 1.165) is 24.5 Å². The molecule has 1 amide bonds. The van der Waals surface area contributed by atoms with Crippen LogP contribution in [0.2, 0.25) is 5.02 Å². The van der Waals surface area contributed by atoms with E-state index in [9.17, 15) is 9.00 Å². The summed E-state index contributed by atoms with van der Waals surface area (Å²) in [6, 6.07) is 18.2. The summed E-state index contributed by atoms with van der Waals surface area (Å²) in [6.45, 7) is 2.70. The summed E-state index contributed by atoms with van der Waals surface area (Å²) in [6.07, 6.45) is 0. The van der Waals surface area contributed by atoms with E-state index >= 15 is 0 Å². The fourth-order valence-corrected chi connectivity index (χ4v) is 4.63. The molecule has 4 rings (SSSR count). The van der Waals surface area contributed by atoms with Gasteiger partial charge in [-0.25, -0.2) is 0 Å². The van der Waals surface area contributed by atoms with Crippen LogP contribution in [0.1, 0.15) is 16.3 Å².